The van der Waals surface area contributed by atoms with E-state index in [1.807, 2.05) is 24.3 Å². The average molecular weight is 862 g/mol. The summed E-state index contributed by atoms with van der Waals surface area (Å²) in [5.74, 6) is -5.53. The van der Waals surface area contributed by atoms with Crippen molar-refractivity contribution in [2.75, 3.05) is 13.6 Å². The number of rotatable bonds is 26. The van der Waals surface area contributed by atoms with Crippen LogP contribution in [0.5, 0.6) is 11.5 Å². The second-order valence-corrected chi connectivity index (χ2v) is 16.7. The van der Waals surface area contributed by atoms with Gasteiger partial charge in [0.2, 0.25) is 11.8 Å². The minimum atomic E-state index is -1.31. The van der Waals surface area contributed by atoms with Crippen LogP contribution in [0.25, 0.3) is 11.1 Å². The molecule has 4 aromatic rings. The van der Waals surface area contributed by atoms with Crippen LogP contribution >= 0.6 is 0 Å². The number of ketones is 3. The van der Waals surface area contributed by atoms with E-state index in [2.05, 4.69) is 36.5 Å². The van der Waals surface area contributed by atoms with E-state index in [9.17, 15) is 44.1 Å². The van der Waals surface area contributed by atoms with Crippen molar-refractivity contribution < 1.29 is 44.1 Å². The zero-order valence-corrected chi connectivity index (χ0v) is 36.9. The smallest absolute Gasteiger partial charge is 0.326 e. The predicted octanol–water partition coefficient (Wildman–Crippen LogP) is 8.02. The standard InChI is InChI=1S/C51H63N3O9/c1-5-6-9-35-12-16-37(17-13-35)38-18-20-39(21-19-38)45(57)28-11-33(2)46(58)32-41(10-7-8-29-52)50(61)54(4)48(40-22-26-43(56)27-23-40)47(59)30-34(3)49(60)53-44(51(62)63)31-36-14-24-42(55)25-15-36/h12-27,33-34,41,44,48,55-56H,5-11,28-32,52H2,1-4H3,(H,53,60)(H,62,63)/t33?,34-,41-,44+,48+/m1/s1. The molecular weight excluding hydrogens is 799 g/mol. The lowest BCUT2D eigenvalue weighted by Gasteiger charge is -2.32. The number of phenolic OH excluding ortho intramolecular Hbond substituents is 2. The number of likely N-dealkylation sites (N-methyl/N-ethyl adjacent to an activating group) is 1. The summed E-state index contributed by atoms with van der Waals surface area (Å²) >= 11 is 0. The highest BCUT2D eigenvalue weighted by Crippen LogP contribution is 2.30. The van der Waals surface area contributed by atoms with Crippen LogP contribution in [0.1, 0.15) is 112 Å². The van der Waals surface area contributed by atoms with Gasteiger partial charge in [-0.25, -0.2) is 4.79 Å². The van der Waals surface area contributed by atoms with Gasteiger partial charge in [0.15, 0.2) is 11.6 Å². The molecule has 12 nitrogen and oxygen atoms in total. The molecule has 0 aliphatic heterocycles. The molecule has 0 radical (unpaired) electrons. The van der Waals surface area contributed by atoms with Gasteiger partial charge in [-0.05, 0) is 90.7 Å². The van der Waals surface area contributed by atoms with Gasteiger partial charge in [-0.2, -0.15) is 0 Å². The molecule has 0 saturated heterocycles. The van der Waals surface area contributed by atoms with Gasteiger partial charge in [0.1, 0.15) is 29.4 Å². The second-order valence-electron chi connectivity index (χ2n) is 16.7. The molecule has 0 aromatic heterocycles. The summed E-state index contributed by atoms with van der Waals surface area (Å²) in [6.45, 7) is 5.81. The lowest BCUT2D eigenvalue weighted by molar-refractivity contribution is -0.144. The van der Waals surface area contributed by atoms with E-state index in [4.69, 9.17) is 5.73 Å². The van der Waals surface area contributed by atoms with E-state index in [0.717, 1.165) is 30.4 Å². The Labute approximate surface area is 370 Å². The van der Waals surface area contributed by atoms with Crippen molar-refractivity contribution in [3.63, 3.8) is 0 Å². The number of carbonyl (C=O) groups excluding carboxylic acids is 5. The minimum Gasteiger partial charge on any atom is -0.508 e. The summed E-state index contributed by atoms with van der Waals surface area (Å²) in [7, 11) is 1.47. The summed E-state index contributed by atoms with van der Waals surface area (Å²) in [4.78, 5) is 82.2. The zero-order valence-electron chi connectivity index (χ0n) is 36.9. The van der Waals surface area contributed by atoms with Crippen molar-refractivity contribution in [3.05, 3.63) is 119 Å². The maximum atomic E-state index is 14.4. The Morgan fingerprint density at radius 2 is 1.25 bits per heavy atom. The van der Waals surface area contributed by atoms with Crippen molar-refractivity contribution >= 4 is 35.1 Å². The van der Waals surface area contributed by atoms with E-state index in [1.165, 1.54) is 60.8 Å². The first-order chi connectivity index (χ1) is 30.1. The number of carboxylic acids is 1. The maximum Gasteiger partial charge on any atom is 0.326 e. The molecule has 4 aromatic carbocycles. The molecule has 2 amide bonds. The average Bonchev–Trinajstić information content (AvgIpc) is 3.28. The van der Waals surface area contributed by atoms with E-state index in [1.54, 1.807) is 19.1 Å². The van der Waals surface area contributed by atoms with E-state index in [-0.39, 0.29) is 48.7 Å². The summed E-state index contributed by atoms with van der Waals surface area (Å²) in [6, 6.07) is 25.2. The lowest BCUT2D eigenvalue weighted by atomic mass is 9.87. The topological polar surface area (TPSA) is 204 Å². The molecule has 63 heavy (non-hydrogen) atoms. The number of carbonyl (C=O) groups is 6. The van der Waals surface area contributed by atoms with Crippen molar-refractivity contribution in [3.8, 4) is 22.6 Å². The molecule has 6 N–H and O–H groups in total. The molecule has 0 fully saturated rings. The number of aromatic hydroxyl groups is 2. The highest BCUT2D eigenvalue weighted by molar-refractivity contribution is 5.97. The van der Waals surface area contributed by atoms with E-state index in [0.29, 0.717) is 48.9 Å². The summed E-state index contributed by atoms with van der Waals surface area (Å²) < 4.78 is 0. The van der Waals surface area contributed by atoms with Gasteiger partial charge in [-0.15, -0.1) is 0 Å². The Bertz CT molecular complexity index is 2130. The van der Waals surface area contributed by atoms with Gasteiger partial charge in [-0.1, -0.05) is 106 Å². The number of nitrogens with two attached hydrogens (primary N) is 1. The molecule has 0 aliphatic rings. The van der Waals surface area contributed by atoms with Crippen molar-refractivity contribution in [1.29, 1.82) is 0 Å². The van der Waals surface area contributed by atoms with Crippen LogP contribution < -0.4 is 11.1 Å². The predicted molar refractivity (Wildman–Crippen MR) is 243 cm³/mol. The summed E-state index contributed by atoms with van der Waals surface area (Å²) in [5, 5.41) is 32.0. The third-order valence-corrected chi connectivity index (χ3v) is 11.7. The third-order valence-electron chi connectivity index (χ3n) is 11.7. The molecule has 1 unspecified atom stereocenters. The number of nitrogens with zero attached hydrogens (tertiary/aromatic N) is 1. The highest BCUT2D eigenvalue weighted by Gasteiger charge is 2.35. The number of Topliss-reactive ketones (excluding diaryl/α,β-unsaturated/α-hetero) is 3. The molecule has 0 spiro atoms. The van der Waals surface area contributed by atoms with Gasteiger partial charge in [0.25, 0.3) is 0 Å². The number of hydrogen-bond donors (Lipinski definition) is 5. The number of unbranched alkanes of at least 4 members (excludes halogenated alkanes) is 2. The van der Waals surface area contributed by atoms with E-state index < -0.39 is 53.4 Å². The number of benzene rings is 4. The number of aryl methyl sites for hydroxylation is 1. The molecule has 0 heterocycles. The number of carboxylic acid groups (broad SMARTS) is 1. The van der Waals surface area contributed by atoms with Gasteiger partial charge >= 0.3 is 5.97 Å². The van der Waals surface area contributed by atoms with Gasteiger partial charge < -0.3 is 31.3 Å². The van der Waals surface area contributed by atoms with Crippen molar-refractivity contribution in [1.82, 2.24) is 10.2 Å². The SMILES string of the molecule is CCCCc1ccc(-c2ccc(C(=O)CCC(C)C(=O)C[C@@H](CCCCN)C(=O)N(C)[C@H](C(=O)C[C@@H](C)C(=O)N[C@@H](Cc3ccc(O)cc3)C(=O)O)c3ccc(O)cc3)cc2)cc1. The Balaban J connectivity index is 1.42. The molecule has 336 valence electrons. The van der Waals surface area contributed by atoms with Crippen LogP contribution in [-0.4, -0.2) is 75.0 Å². The quantitative estimate of drug-likeness (QED) is 0.0304. The normalized spacial score (nSPS) is 13.5. The Hall–Kier alpha value is -6.14. The van der Waals surface area contributed by atoms with Gasteiger partial charge in [-0.3, -0.25) is 24.0 Å². The molecule has 4 rings (SSSR count). The Morgan fingerprint density at radius 1 is 0.683 bits per heavy atom. The highest BCUT2D eigenvalue weighted by atomic mass is 16.4. The van der Waals surface area contributed by atoms with Crippen LogP contribution in [0.2, 0.25) is 0 Å². The molecule has 0 bridgehead atoms. The molecule has 0 aliphatic carbocycles. The Morgan fingerprint density at radius 3 is 1.83 bits per heavy atom. The number of phenols is 2. The van der Waals surface area contributed by atoms with Crippen LogP contribution in [0, 0.1) is 17.8 Å². The lowest BCUT2D eigenvalue weighted by Crippen LogP contribution is -2.45. The number of amides is 2. The van der Waals surface area contributed by atoms with E-state index >= 15 is 0 Å². The summed E-state index contributed by atoms with van der Waals surface area (Å²) in [6.07, 6.45) is 4.77. The fraction of sp³-hybridized carbons (Fsp3) is 0.412. The molecule has 12 heteroatoms. The van der Waals surface area contributed by atoms with Gasteiger partial charge in [0, 0.05) is 56.0 Å². The van der Waals surface area contributed by atoms with Crippen LogP contribution in [0.15, 0.2) is 97.1 Å². The van der Waals surface area contributed by atoms with Crippen LogP contribution in [0.3, 0.4) is 0 Å². The maximum absolute atomic E-state index is 14.4. The largest absolute Gasteiger partial charge is 0.508 e. The summed E-state index contributed by atoms with van der Waals surface area (Å²) in [5.41, 5.74) is 10.7. The number of nitrogens with one attached hydrogen (secondary N) is 1. The van der Waals surface area contributed by atoms with Crippen LogP contribution in [0.4, 0.5) is 0 Å². The van der Waals surface area contributed by atoms with Crippen molar-refractivity contribution in [2.45, 2.75) is 103 Å². The third kappa shape index (κ3) is 15.0. The minimum absolute atomic E-state index is 0.0117. The molecule has 0 saturated carbocycles. The van der Waals surface area contributed by atoms with Crippen LogP contribution in [-0.2, 0) is 36.8 Å². The zero-order chi connectivity index (χ0) is 46.1. The number of hydrogen-bond acceptors (Lipinski definition) is 9. The second kappa shape index (κ2) is 24.5. The monoisotopic (exact) mass is 861 g/mol. The fourth-order valence-electron chi connectivity index (χ4n) is 7.62. The first kappa shape index (κ1) is 49.5. The fourth-order valence-corrected chi connectivity index (χ4v) is 7.62. The van der Waals surface area contributed by atoms with Gasteiger partial charge in [0.05, 0.1) is 0 Å². The number of aliphatic carboxylic acids is 1. The Kier molecular flexibility index (Phi) is 19.2. The van der Waals surface area contributed by atoms with Crippen molar-refractivity contribution in [2.24, 2.45) is 23.5 Å². The first-order valence-corrected chi connectivity index (χ1v) is 22.0. The molecule has 5 atom stereocenters. The molecular formula is C51H63N3O9. The first-order valence-electron chi connectivity index (χ1n) is 22.0.